The molecule has 0 N–H and O–H groups in total. The number of hydrogen-bond donors (Lipinski definition) is 0. The standard InChI is InChI=1S/C17H18FNO3S/c1-11-4-3-7-19(9-11)16(20)10-22-17(21)15-8-12-13(18)5-2-6-14(12)23-15/h2,5-6,8,11H,3-4,7,9-10H2,1H3/t11-/m0/s1. The Morgan fingerprint density at radius 3 is 3.00 bits per heavy atom. The number of halogens is 1. The highest BCUT2D eigenvalue weighted by molar-refractivity contribution is 7.20. The molecule has 1 fully saturated rings. The van der Waals surface area contributed by atoms with Gasteiger partial charge in [-0.1, -0.05) is 13.0 Å². The van der Waals surface area contributed by atoms with Crippen LogP contribution in [0.1, 0.15) is 29.4 Å². The average Bonchev–Trinajstić information content (AvgIpc) is 2.98. The molecule has 1 amide bonds. The first-order valence-electron chi connectivity index (χ1n) is 7.67. The highest BCUT2D eigenvalue weighted by Gasteiger charge is 2.22. The van der Waals surface area contributed by atoms with Crippen molar-refractivity contribution in [2.45, 2.75) is 19.8 Å². The number of carbonyl (C=O) groups excluding carboxylic acids is 2. The Kier molecular flexibility index (Phi) is 4.61. The Bertz CT molecular complexity index is 743. The van der Waals surface area contributed by atoms with Gasteiger partial charge in [0, 0.05) is 23.2 Å². The van der Waals surface area contributed by atoms with Crippen LogP contribution in [-0.2, 0) is 9.53 Å². The summed E-state index contributed by atoms with van der Waals surface area (Å²) in [6.45, 7) is 3.28. The van der Waals surface area contributed by atoms with Crippen LogP contribution in [0.5, 0.6) is 0 Å². The van der Waals surface area contributed by atoms with E-state index in [1.807, 2.05) is 0 Å². The van der Waals surface area contributed by atoms with E-state index in [-0.39, 0.29) is 18.3 Å². The van der Waals surface area contributed by atoms with E-state index in [2.05, 4.69) is 6.92 Å². The second-order valence-corrected chi connectivity index (χ2v) is 7.01. The highest BCUT2D eigenvalue weighted by Crippen LogP contribution is 2.28. The molecule has 0 bridgehead atoms. The second kappa shape index (κ2) is 6.66. The van der Waals surface area contributed by atoms with Crippen LogP contribution in [0.25, 0.3) is 10.1 Å². The molecule has 0 saturated carbocycles. The molecule has 0 aliphatic carbocycles. The molecule has 122 valence electrons. The molecule has 1 aliphatic rings. The van der Waals surface area contributed by atoms with Crippen LogP contribution in [0.3, 0.4) is 0 Å². The number of ether oxygens (including phenoxy) is 1. The van der Waals surface area contributed by atoms with Gasteiger partial charge in [0.2, 0.25) is 0 Å². The van der Waals surface area contributed by atoms with Crippen LogP contribution in [0.15, 0.2) is 24.3 Å². The van der Waals surface area contributed by atoms with Gasteiger partial charge in [-0.25, -0.2) is 9.18 Å². The second-order valence-electron chi connectivity index (χ2n) is 5.93. The van der Waals surface area contributed by atoms with Crippen LogP contribution in [-0.4, -0.2) is 36.5 Å². The summed E-state index contributed by atoms with van der Waals surface area (Å²) in [5, 5.41) is 0.403. The van der Waals surface area contributed by atoms with E-state index in [9.17, 15) is 14.0 Å². The number of amides is 1. The number of thiophene rings is 1. The molecule has 1 atom stereocenters. The van der Waals surface area contributed by atoms with Gasteiger partial charge in [0.25, 0.3) is 5.91 Å². The summed E-state index contributed by atoms with van der Waals surface area (Å²) in [4.78, 5) is 26.2. The van der Waals surface area contributed by atoms with E-state index in [0.29, 0.717) is 27.4 Å². The molecular weight excluding hydrogens is 317 g/mol. The van der Waals surface area contributed by atoms with Gasteiger partial charge in [-0.2, -0.15) is 0 Å². The Hall–Kier alpha value is -1.95. The molecule has 3 rings (SSSR count). The van der Waals surface area contributed by atoms with E-state index < -0.39 is 5.97 Å². The molecule has 1 aromatic heterocycles. The number of hydrogen-bond acceptors (Lipinski definition) is 4. The van der Waals surface area contributed by atoms with Gasteiger partial charge in [-0.15, -0.1) is 11.3 Å². The van der Waals surface area contributed by atoms with Crippen molar-refractivity contribution in [1.29, 1.82) is 0 Å². The predicted octanol–water partition coefficient (Wildman–Crippen LogP) is 3.46. The molecule has 2 heterocycles. The zero-order valence-electron chi connectivity index (χ0n) is 12.9. The van der Waals surface area contributed by atoms with Crippen molar-refractivity contribution in [2.24, 2.45) is 5.92 Å². The number of carbonyl (C=O) groups is 2. The van der Waals surface area contributed by atoms with Gasteiger partial charge in [-0.05, 0) is 37.0 Å². The zero-order valence-corrected chi connectivity index (χ0v) is 13.7. The number of likely N-dealkylation sites (tertiary alicyclic amines) is 1. The third-order valence-electron chi connectivity index (χ3n) is 4.05. The lowest BCUT2D eigenvalue weighted by Crippen LogP contribution is -2.41. The van der Waals surface area contributed by atoms with Crippen LogP contribution in [0.4, 0.5) is 4.39 Å². The Morgan fingerprint density at radius 2 is 2.26 bits per heavy atom. The largest absolute Gasteiger partial charge is 0.451 e. The molecule has 2 aromatic rings. The fourth-order valence-electron chi connectivity index (χ4n) is 2.83. The lowest BCUT2D eigenvalue weighted by molar-refractivity contribution is -0.136. The number of fused-ring (bicyclic) bond motifs is 1. The quantitative estimate of drug-likeness (QED) is 0.807. The molecule has 1 saturated heterocycles. The first kappa shape index (κ1) is 15.9. The maximum absolute atomic E-state index is 13.7. The number of esters is 1. The zero-order chi connectivity index (χ0) is 16.4. The first-order chi connectivity index (χ1) is 11.0. The number of benzene rings is 1. The van der Waals surface area contributed by atoms with E-state index in [1.54, 1.807) is 17.0 Å². The molecule has 6 heteroatoms. The van der Waals surface area contributed by atoms with E-state index in [1.165, 1.54) is 23.5 Å². The van der Waals surface area contributed by atoms with Gasteiger partial charge in [-0.3, -0.25) is 4.79 Å². The van der Waals surface area contributed by atoms with Crippen LogP contribution < -0.4 is 0 Å². The van der Waals surface area contributed by atoms with Crippen molar-refractivity contribution in [3.8, 4) is 0 Å². The normalized spacial score (nSPS) is 18.2. The molecule has 0 spiro atoms. The number of rotatable bonds is 3. The summed E-state index contributed by atoms with van der Waals surface area (Å²) in [5.41, 5.74) is 0. The third kappa shape index (κ3) is 3.52. The van der Waals surface area contributed by atoms with Crippen molar-refractivity contribution in [3.05, 3.63) is 35.0 Å². The smallest absolute Gasteiger partial charge is 0.348 e. The maximum Gasteiger partial charge on any atom is 0.348 e. The Labute approximate surface area is 137 Å². The lowest BCUT2D eigenvalue weighted by atomic mass is 10.0. The third-order valence-corrected chi connectivity index (χ3v) is 5.13. The van der Waals surface area contributed by atoms with Crippen molar-refractivity contribution in [2.75, 3.05) is 19.7 Å². The Morgan fingerprint density at radius 1 is 1.43 bits per heavy atom. The monoisotopic (exact) mass is 335 g/mol. The summed E-state index contributed by atoms with van der Waals surface area (Å²) in [5.74, 6) is -0.633. The van der Waals surface area contributed by atoms with Crippen molar-refractivity contribution >= 4 is 33.3 Å². The van der Waals surface area contributed by atoms with Gasteiger partial charge in [0.05, 0.1) is 0 Å². The molecule has 0 unspecified atom stereocenters. The maximum atomic E-state index is 13.7. The number of piperidine rings is 1. The molecule has 1 aromatic carbocycles. The summed E-state index contributed by atoms with van der Waals surface area (Å²) in [6.07, 6.45) is 2.10. The molecule has 1 aliphatic heterocycles. The fraction of sp³-hybridized carbons (Fsp3) is 0.412. The summed E-state index contributed by atoms with van der Waals surface area (Å²) in [7, 11) is 0. The van der Waals surface area contributed by atoms with Crippen LogP contribution in [0.2, 0.25) is 0 Å². The average molecular weight is 335 g/mol. The number of nitrogens with zero attached hydrogens (tertiary/aromatic N) is 1. The summed E-state index contributed by atoms with van der Waals surface area (Å²) >= 11 is 1.17. The van der Waals surface area contributed by atoms with Crippen molar-refractivity contribution < 1.29 is 18.7 Å². The Balaban J connectivity index is 1.62. The lowest BCUT2D eigenvalue weighted by Gasteiger charge is -2.30. The van der Waals surface area contributed by atoms with Gasteiger partial charge in [0.1, 0.15) is 10.7 Å². The van der Waals surface area contributed by atoms with Crippen molar-refractivity contribution in [3.63, 3.8) is 0 Å². The summed E-state index contributed by atoms with van der Waals surface area (Å²) < 4.78 is 19.4. The SMILES string of the molecule is C[C@H]1CCCN(C(=O)COC(=O)c2cc3c(F)cccc3s2)C1. The summed E-state index contributed by atoms with van der Waals surface area (Å²) in [6, 6.07) is 6.18. The molecular formula is C17H18FNO3S. The van der Waals surface area contributed by atoms with Gasteiger partial charge < -0.3 is 9.64 Å². The van der Waals surface area contributed by atoms with E-state index in [0.717, 1.165) is 19.4 Å². The molecule has 23 heavy (non-hydrogen) atoms. The topological polar surface area (TPSA) is 46.6 Å². The van der Waals surface area contributed by atoms with Gasteiger partial charge >= 0.3 is 5.97 Å². The van der Waals surface area contributed by atoms with E-state index in [4.69, 9.17) is 4.74 Å². The molecule has 4 nitrogen and oxygen atoms in total. The van der Waals surface area contributed by atoms with E-state index >= 15 is 0 Å². The fourth-order valence-corrected chi connectivity index (χ4v) is 3.80. The molecule has 0 radical (unpaired) electrons. The minimum Gasteiger partial charge on any atom is -0.451 e. The van der Waals surface area contributed by atoms with Crippen LogP contribution >= 0.6 is 11.3 Å². The van der Waals surface area contributed by atoms with Crippen molar-refractivity contribution in [1.82, 2.24) is 4.90 Å². The predicted molar refractivity (Wildman–Crippen MR) is 87.0 cm³/mol. The minimum absolute atomic E-state index is 0.169. The highest BCUT2D eigenvalue weighted by atomic mass is 32.1. The van der Waals surface area contributed by atoms with Crippen LogP contribution in [0, 0.1) is 11.7 Å². The van der Waals surface area contributed by atoms with Gasteiger partial charge in [0.15, 0.2) is 6.61 Å². The first-order valence-corrected chi connectivity index (χ1v) is 8.49. The minimum atomic E-state index is -0.580.